The Balaban J connectivity index is 2.04. The number of benzene rings is 1. The molecular formula is C15H21FN2O. The summed E-state index contributed by atoms with van der Waals surface area (Å²) < 4.78 is 13.0. The monoisotopic (exact) mass is 264 g/mol. The summed E-state index contributed by atoms with van der Waals surface area (Å²) in [6.45, 7) is 1.15. The second kappa shape index (κ2) is 6.66. The number of hydrogen-bond acceptors (Lipinski definition) is 2. The van der Waals surface area contributed by atoms with Gasteiger partial charge >= 0.3 is 0 Å². The molecule has 0 spiro atoms. The van der Waals surface area contributed by atoms with Gasteiger partial charge in [0.25, 0.3) is 0 Å². The minimum Gasteiger partial charge on any atom is -0.330 e. The average molecular weight is 264 g/mol. The van der Waals surface area contributed by atoms with Crippen molar-refractivity contribution < 1.29 is 9.18 Å². The summed E-state index contributed by atoms with van der Waals surface area (Å²) in [6, 6.07) is 6.10. The van der Waals surface area contributed by atoms with Gasteiger partial charge in [-0.15, -0.1) is 0 Å². The van der Waals surface area contributed by atoms with E-state index in [1.54, 1.807) is 17.0 Å². The van der Waals surface area contributed by atoms with E-state index in [9.17, 15) is 9.18 Å². The highest BCUT2D eigenvalue weighted by atomic mass is 19.1. The normalized spacial score (nSPS) is 15.1. The van der Waals surface area contributed by atoms with Gasteiger partial charge in [0.05, 0.1) is 0 Å². The Labute approximate surface area is 113 Å². The fraction of sp³-hybridized carbons (Fsp3) is 0.533. The molecular weight excluding hydrogens is 243 g/mol. The van der Waals surface area contributed by atoms with E-state index in [2.05, 4.69) is 0 Å². The number of anilines is 1. The van der Waals surface area contributed by atoms with Crippen LogP contribution in [0.25, 0.3) is 0 Å². The second-order valence-electron chi connectivity index (χ2n) is 5.17. The maximum atomic E-state index is 13.0. The molecule has 0 aliphatic heterocycles. The lowest BCUT2D eigenvalue weighted by Crippen LogP contribution is -2.35. The number of hydrogen-bond donors (Lipinski definition) is 1. The van der Waals surface area contributed by atoms with Gasteiger partial charge in [0, 0.05) is 18.7 Å². The molecule has 0 bridgehead atoms. The van der Waals surface area contributed by atoms with Gasteiger partial charge in [-0.25, -0.2) is 4.39 Å². The molecule has 4 heteroatoms. The number of nitrogens with two attached hydrogens (primary N) is 1. The number of nitrogens with zero attached hydrogens (tertiary/aromatic N) is 1. The summed E-state index contributed by atoms with van der Waals surface area (Å²) in [6.07, 6.45) is 4.90. The van der Waals surface area contributed by atoms with Crippen LogP contribution in [0.2, 0.25) is 0 Å². The first kappa shape index (κ1) is 14.0. The Morgan fingerprint density at radius 1 is 1.32 bits per heavy atom. The summed E-state index contributed by atoms with van der Waals surface area (Å²) in [7, 11) is 0. The molecule has 1 aromatic carbocycles. The zero-order valence-corrected chi connectivity index (χ0v) is 11.1. The van der Waals surface area contributed by atoms with E-state index in [1.807, 2.05) is 0 Å². The predicted octanol–water partition coefficient (Wildman–Crippen LogP) is 2.70. The SMILES string of the molecule is NCCCN(C(=O)CC1CCC1)c1ccc(F)cc1. The highest BCUT2D eigenvalue weighted by Crippen LogP contribution is 2.30. The van der Waals surface area contributed by atoms with Crippen LogP contribution in [0.4, 0.5) is 10.1 Å². The number of carbonyl (C=O) groups excluding carboxylic acids is 1. The molecule has 1 aliphatic carbocycles. The van der Waals surface area contributed by atoms with Crippen molar-refractivity contribution in [3.8, 4) is 0 Å². The molecule has 3 nitrogen and oxygen atoms in total. The van der Waals surface area contributed by atoms with Crippen molar-refractivity contribution >= 4 is 11.6 Å². The van der Waals surface area contributed by atoms with Crippen molar-refractivity contribution in [1.29, 1.82) is 0 Å². The van der Waals surface area contributed by atoms with E-state index >= 15 is 0 Å². The Morgan fingerprint density at radius 3 is 2.53 bits per heavy atom. The fourth-order valence-electron chi connectivity index (χ4n) is 2.32. The smallest absolute Gasteiger partial charge is 0.227 e. The number of carbonyl (C=O) groups is 1. The standard InChI is InChI=1S/C15H21FN2O/c16-13-5-7-14(8-6-13)18(10-2-9-17)15(19)11-12-3-1-4-12/h5-8,12H,1-4,9-11,17H2. The van der Waals surface area contributed by atoms with Crippen molar-refractivity contribution in [2.45, 2.75) is 32.1 Å². The fourth-order valence-corrected chi connectivity index (χ4v) is 2.32. The lowest BCUT2D eigenvalue weighted by atomic mass is 9.82. The molecule has 2 N–H and O–H groups in total. The van der Waals surface area contributed by atoms with E-state index in [1.165, 1.54) is 18.6 Å². The number of halogens is 1. The van der Waals surface area contributed by atoms with Gasteiger partial charge in [0.1, 0.15) is 5.82 Å². The van der Waals surface area contributed by atoms with Gasteiger partial charge in [0.2, 0.25) is 5.91 Å². The van der Waals surface area contributed by atoms with Crippen LogP contribution in [-0.4, -0.2) is 19.0 Å². The zero-order valence-electron chi connectivity index (χ0n) is 11.1. The Hall–Kier alpha value is -1.42. The van der Waals surface area contributed by atoms with Gasteiger partial charge in [-0.05, 0) is 56.0 Å². The summed E-state index contributed by atoms with van der Waals surface area (Å²) in [5, 5.41) is 0. The van der Waals surface area contributed by atoms with E-state index in [0.717, 1.165) is 24.9 Å². The van der Waals surface area contributed by atoms with Crippen molar-refractivity contribution in [2.24, 2.45) is 11.7 Å². The third-order valence-electron chi connectivity index (χ3n) is 3.71. The molecule has 0 radical (unpaired) electrons. The van der Waals surface area contributed by atoms with Crippen LogP contribution in [0.15, 0.2) is 24.3 Å². The molecule has 104 valence electrons. The van der Waals surface area contributed by atoms with Crippen LogP contribution in [0, 0.1) is 11.7 Å². The first-order valence-electron chi connectivity index (χ1n) is 6.96. The van der Waals surface area contributed by atoms with Crippen LogP contribution in [0.5, 0.6) is 0 Å². The Bertz CT molecular complexity index is 415. The summed E-state index contributed by atoms with van der Waals surface area (Å²) >= 11 is 0. The molecule has 1 aromatic rings. The summed E-state index contributed by atoms with van der Waals surface area (Å²) in [5.41, 5.74) is 6.28. The molecule has 0 unspecified atom stereocenters. The first-order chi connectivity index (χ1) is 9.20. The first-order valence-corrected chi connectivity index (χ1v) is 6.96. The molecule has 1 aliphatic rings. The van der Waals surface area contributed by atoms with Crippen LogP contribution < -0.4 is 10.6 Å². The van der Waals surface area contributed by atoms with Gasteiger partial charge in [-0.3, -0.25) is 4.79 Å². The third kappa shape index (κ3) is 3.77. The molecule has 0 aromatic heterocycles. The van der Waals surface area contributed by atoms with Crippen LogP contribution in [-0.2, 0) is 4.79 Å². The van der Waals surface area contributed by atoms with E-state index in [4.69, 9.17) is 5.73 Å². The Morgan fingerprint density at radius 2 is 2.00 bits per heavy atom. The minimum absolute atomic E-state index is 0.129. The lowest BCUT2D eigenvalue weighted by Gasteiger charge is -2.29. The van der Waals surface area contributed by atoms with Crippen LogP contribution >= 0.6 is 0 Å². The predicted molar refractivity (Wildman–Crippen MR) is 74.4 cm³/mol. The molecule has 0 atom stereocenters. The highest BCUT2D eigenvalue weighted by Gasteiger charge is 2.24. The molecule has 2 rings (SSSR count). The van der Waals surface area contributed by atoms with Crippen molar-refractivity contribution in [1.82, 2.24) is 0 Å². The topological polar surface area (TPSA) is 46.3 Å². The average Bonchev–Trinajstić information content (AvgIpc) is 2.36. The van der Waals surface area contributed by atoms with Crippen molar-refractivity contribution in [3.05, 3.63) is 30.1 Å². The quantitative estimate of drug-likeness (QED) is 0.858. The van der Waals surface area contributed by atoms with Gasteiger partial charge in [-0.2, -0.15) is 0 Å². The van der Waals surface area contributed by atoms with Gasteiger partial charge in [0.15, 0.2) is 0 Å². The van der Waals surface area contributed by atoms with Crippen LogP contribution in [0.3, 0.4) is 0 Å². The lowest BCUT2D eigenvalue weighted by molar-refractivity contribution is -0.120. The minimum atomic E-state index is -0.283. The van der Waals surface area contributed by atoms with E-state index < -0.39 is 0 Å². The van der Waals surface area contributed by atoms with Crippen molar-refractivity contribution in [3.63, 3.8) is 0 Å². The van der Waals surface area contributed by atoms with Gasteiger partial charge in [-0.1, -0.05) is 6.42 Å². The molecule has 19 heavy (non-hydrogen) atoms. The third-order valence-corrected chi connectivity index (χ3v) is 3.71. The maximum absolute atomic E-state index is 13.0. The number of rotatable bonds is 6. The Kier molecular flexibility index (Phi) is 4.91. The van der Waals surface area contributed by atoms with Crippen molar-refractivity contribution in [2.75, 3.05) is 18.0 Å². The molecule has 0 saturated heterocycles. The van der Waals surface area contributed by atoms with Crippen LogP contribution in [0.1, 0.15) is 32.1 Å². The molecule has 0 heterocycles. The van der Waals surface area contributed by atoms with E-state index in [0.29, 0.717) is 25.4 Å². The molecule has 1 amide bonds. The maximum Gasteiger partial charge on any atom is 0.227 e. The summed E-state index contributed by atoms with van der Waals surface area (Å²) in [4.78, 5) is 14.1. The molecule has 1 fully saturated rings. The van der Waals surface area contributed by atoms with Gasteiger partial charge < -0.3 is 10.6 Å². The highest BCUT2D eigenvalue weighted by molar-refractivity contribution is 5.93. The molecule has 1 saturated carbocycles. The summed E-state index contributed by atoms with van der Waals surface area (Å²) in [5.74, 6) is 0.382. The zero-order chi connectivity index (χ0) is 13.7. The van der Waals surface area contributed by atoms with E-state index in [-0.39, 0.29) is 11.7 Å². The second-order valence-corrected chi connectivity index (χ2v) is 5.17. The largest absolute Gasteiger partial charge is 0.330 e. The number of amides is 1.